The fourth-order valence-corrected chi connectivity index (χ4v) is 3.31. The van der Waals surface area contributed by atoms with Crippen molar-refractivity contribution in [3.63, 3.8) is 0 Å². The van der Waals surface area contributed by atoms with Crippen LogP contribution in [0.3, 0.4) is 0 Å². The van der Waals surface area contributed by atoms with Crippen LogP contribution in [0.25, 0.3) is 10.6 Å². The second-order valence-electron chi connectivity index (χ2n) is 5.49. The second kappa shape index (κ2) is 6.75. The molecule has 3 aromatic rings. The van der Waals surface area contributed by atoms with Gasteiger partial charge < -0.3 is 5.32 Å². The molecule has 0 fully saturated rings. The van der Waals surface area contributed by atoms with Crippen molar-refractivity contribution in [3.8, 4) is 10.6 Å². The lowest BCUT2D eigenvalue weighted by atomic mass is 10.0. The number of hydrogen-bond acceptors (Lipinski definition) is 3. The average Bonchev–Trinajstić information content (AvgIpc) is 3.07. The summed E-state index contributed by atoms with van der Waals surface area (Å²) in [4.78, 5) is 18.0. The molecule has 2 aromatic heterocycles. The second-order valence-corrected chi connectivity index (χ2v) is 6.44. The first-order chi connectivity index (χ1) is 11.1. The zero-order valence-electron chi connectivity index (χ0n) is 13.2. The number of thiophene rings is 1. The van der Waals surface area contributed by atoms with E-state index in [2.05, 4.69) is 10.3 Å². The van der Waals surface area contributed by atoms with Crippen molar-refractivity contribution in [1.29, 1.82) is 0 Å². The van der Waals surface area contributed by atoms with Crippen molar-refractivity contribution in [1.82, 2.24) is 10.3 Å². The van der Waals surface area contributed by atoms with E-state index in [-0.39, 0.29) is 5.91 Å². The van der Waals surface area contributed by atoms with E-state index < -0.39 is 0 Å². The van der Waals surface area contributed by atoms with Crippen LogP contribution < -0.4 is 5.32 Å². The lowest BCUT2D eigenvalue weighted by Crippen LogP contribution is -2.24. The quantitative estimate of drug-likeness (QED) is 0.775. The molecule has 0 saturated heterocycles. The van der Waals surface area contributed by atoms with Gasteiger partial charge in [-0.15, -0.1) is 11.3 Å². The number of nitrogens with one attached hydrogen (secondary N) is 1. The third kappa shape index (κ3) is 3.48. The number of carbonyl (C=O) groups is 1. The van der Waals surface area contributed by atoms with E-state index in [1.54, 1.807) is 17.5 Å². The number of aromatic nitrogens is 1. The van der Waals surface area contributed by atoms with Crippen LogP contribution in [0.4, 0.5) is 0 Å². The van der Waals surface area contributed by atoms with Crippen LogP contribution in [0.1, 0.15) is 27.0 Å². The van der Waals surface area contributed by atoms with Gasteiger partial charge in [0.25, 0.3) is 5.91 Å². The maximum absolute atomic E-state index is 12.4. The summed E-state index contributed by atoms with van der Waals surface area (Å²) in [5.74, 6) is -0.0523. The zero-order valence-corrected chi connectivity index (χ0v) is 14.0. The SMILES string of the molecule is Cc1ccc(C(=O)NCc2cccnc2-c2cccs2)c(C)c1. The highest BCUT2D eigenvalue weighted by molar-refractivity contribution is 7.13. The Morgan fingerprint density at radius 3 is 2.78 bits per heavy atom. The largest absolute Gasteiger partial charge is 0.348 e. The van der Waals surface area contributed by atoms with Crippen LogP contribution in [0.15, 0.2) is 54.0 Å². The topological polar surface area (TPSA) is 42.0 Å². The van der Waals surface area contributed by atoms with E-state index in [0.29, 0.717) is 6.54 Å². The Labute approximate surface area is 140 Å². The minimum absolute atomic E-state index is 0.0523. The molecule has 3 nitrogen and oxygen atoms in total. The molecule has 0 aliphatic heterocycles. The van der Waals surface area contributed by atoms with Gasteiger partial charge >= 0.3 is 0 Å². The molecule has 0 radical (unpaired) electrons. The minimum atomic E-state index is -0.0523. The van der Waals surface area contributed by atoms with Gasteiger partial charge in [-0.1, -0.05) is 29.8 Å². The molecule has 0 spiro atoms. The van der Waals surface area contributed by atoms with Gasteiger partial charge in [0.15, 0.2) is 0 Å². The highest BCUT2D eigenvalue weighted by Gasteiger charge is 2.11. The maximum Gasteiger partial charge on any atom is 0.251 e. The number of benzene rings is 1. The van der Waals surface area contributed by atoms with E-state index in [1.807, 2.05) is 61.7 Å². The van der Waals surface area contributed by atoms with Crippen molar-refractivity contribution in [2.45, 2.75) is 20.4 Å². The lowest BCUT2D eigenvalue weighted by molar-refractivity contribution is 0.0950. The highest BCUT2D eigenvalue weighted by atomic mass is 32.1. The van der Waals surface area contributed by atoms with Gasteiger partial charge in [-0.05, 0) is 48.6 Å². The van der Waals surface area contributed by atoms with E-state index in [9.17, 15) is 4.79 Å². The molecule has 0 aliphatic rings. The molecule has 23 heavy (non-hydrogen) atoms. The number of aryl methyl sites for hydroxylation is 2. The maximum atomic E-state index is 12.4. The number of amides is 1. The molecule has 2 heterocycles. The van der Waals surface area contributed by atoms with Gasteiger partial charge in [0, 0.05) is 18.3 Å². The molecule has 116 valence electrons. The van der Waals surface area contributed by atoms with Crippen molar-refractivity contribution >= 4 is 17.2 Å². The van der Waals surface area contributed by atoms with Crippen molar-refractivity contribution < 1.29 is 4.79 Å². The first-order valence-electron chi connectivity index (χ1n) is 7.48. The number of nitrogens with zero attached hydrogens (tertiary/aromatic N) is 1. The molecule has 1 aromatic carbocycles. The van der Waals surface area contributed by atoms with Gasteiger partial charge in [0.2, 0.25) is 0 Å². The van der Waals surface area contributed by atoms with Crippen LogP contribution in [0, 0.1) is 13.8 Å². The molecule has 1 amide bonds. The van der Waals surface area contributed by atoms with Crippen LogP contribution in [-0.2, 0) is 6.54 Å². The molecule has 0 unspecified atom stereocenters. The molecule has 0 atom stereocenters. The van der Waals surface area contributed by atoms with Crippen LogP contribution >= 0.6 is 11.3 Å². The van der Waals surface area contributed by atoms with Gasteiger partial charge in [-0.25, -0.2) is 0 Å². The molecule has 4 heteroatoms. The van der Waals surface area contributed by atoms with Crippen LogP contribution in [-0.4, -0.2) is 10.9 Å². The fourth-order valence-electron chi connectivity index (χ4n) is 2.56. The Kier molecular flexibility index (Phi) is 4.53. The van der Waals surface area contributed by atoms with Gasteiger partial charge in [0.1, 0.15) is 0 Å². The molecule has 3 rings (SSSR count). The lowest BCUT2D eigenvalue weighted by Gasteiger charge is -2.10. The predicted molar refractivity (Wildman–Crippen MR) is 94.6 cm³/mol. The molecular formula is C19H18N2OS. The van der Waals surface area contributed by atoms with E-state index in [4.69, 9.17) is 0 Å². The summed E-state index contributed by atoms with van der Waals surface area (Å²) in [6.07, 6.45) is 1.78. The van der Waals surface area contributed by atoms with Crippen molar-refractivity contribution in [2.24, 2.45) is 0 Å². The molecule has 0 aliphatic carbocycles. The average molecular weight is 322 g/mol. The van der Waals surface area contributed by atoms with E-state index in [0.717, 1.165) is 32.8 Å². The summed E-state index contributed by atoms with van der Waals surface area (Å²) in [7, 11) is 0. The number of pyridine rings is 1. The summed E-state index contributed by atoms with van der Waals surface area (Å²) in [6.45, 7) is 4.45. The third-order valence-corrected chi connectivity index (χ3v) is 4.59. The number of rotatable bonds is 4. The first-order valence-corrected chi connectivity index (χ1v) is 8.36. The van der Waals surface area contributed by atoms with Crippen molar-refractivity contribution in [2.75, 3.05) is 0 Å². The predicted octanol–water partition coefficient (Wildman–Crippen LogP) is 4.36. The molecular weight excluding hydrogens is 304 g/mol. The first kappa shape index (κ1) is 15.4. The Bertz CT molecular complexity index is 825. The standard InChI is InChI=1S/C19H18N2OS/c1-13-7-8-16(14(2)11-13)19(22)21-12-15-5-3-9-20-18(15)17-6-4-10-23-17/h3-11H,12H2,1-2H3,(H,21,22). The van der Waals surface area contributed by atoms with E-state index >= 15 is 0 Å². The van der Waals surface area contributed by atoms with Crippen molar-refractivity contribution in [3.05, 3.63) is 76.3 Å². The zero-order chi connectivity index (χ0) is 16.2. The monoisotopic (exact) mass is 322 g/mol. The number of hydrogen-bond donors (Lipinski definition) is 1. The summed E-state index contributed by atoms with van der Waals surface area (Å²) in [5, 5.41) is 5.03. The highest BCUT2D eigenvalue weighted by Crippen LogP contribution is 2.25. The molecule has 0 bridgehead atoms. The summed E-state index contributed by atoms with van der Waals surface area (Å²) < 4.78 is 0. The van der Waals surface area contributed by atoms with Crippen LogP contribution in [0.2, 0.25) is 0 Å². The fraction of sp³-hybridized carbons (Fsp3) is 0.158. The van der Waals surface area contributed by atoms with Gasteiger partial charge in [0.05, 0.1) is 10.6 Å². The Morgan fingerprint density at radius 2 is 2.04 bits per heavy atom. The van der Waals surface area contributed by atoms with E-state index in [1.165, 1.54) is 0 Å². The minimum Gasteiger partial charge on any atom is -0.348 e. The third-order valence-electron chi connectivity index (χ3n) is 3.71. The normalized spacial score (nSPS) is 10.5. The molecule has 1 N–H and O–H groups in total. The number of carbonyl (C=O) groups excluding carboxylic acids is 1. The Balaban J connectivity index is 1.77. The summed E-state index contributed by atoms with van der Waals surface area (Å²) in [5.41, 5.74) is 4.83. The summed E-state index contributed by atoms with van der Waals surface area (Å²) in [6, 6.07) is 13.8. The Morgan fingerprint density at radius 1 is 1.17 bits per heavy atom. The summed E-state index contributed by atoms with van der Waals surface area (Å²) >= 11 is 1.65. The van der Waals surface area contributed by atoms with Gasteiger partial charge in [-0.3, -0.25) is 9.78 Å². The molecule has 0 saturated carbocycles. The van der Waals surface area contributed by atoms with Crippen LogP contribution in [0.5, 0.6) is 0 Å². The van der Waals surface area contributed by atoms with Gasteiger partial charge in [-0.2, -0.15) is 0 Å². The Hall–Kier alpha value is -2.46. The smallest absolute Gasteiger partial charge is 0.251 e.